The lowest BCUT2D eigenvalue weighted by atomic mass is 9.68. The largest absolute Gasteiger partial charge is 0.495 e. The molecule has 1 heterocycles. The molecule has 2 bridgehead atoms. The zero-order valence-corrected chi connectivity index (χ0v) is 18.6. The molecule has 158 valence electrons. The summed E-state index contributed by atoms with van der Waals surface area (Å²) in [6.07, 6.45) is 3.70. The summed E-state index contributed by atoms with van der Waals surface area (Å²) in [6.45, 7) is 10.3. The topological polar surface area (TPSA) is 52.5 Å². The first kappa shape index (κ1) is 20.3. The van der Waals surface area contributed by atoms with Gasteiger partial charge in [-0.25, -0.2) is 0 Å². The number of hydrogen-bond acceptors (Lipinski definition) is 3. The highest BCUT2D eigenvalue weighted by molar-refractivity contribution is 6.09. The summed E-state index contributed by atoms with van der Waals surface area (Å²) in [5.41, 5.74) is 3.02. The number of aromatic nitrogens is 1. The molecular weight excluding hydrogens is 364 g/mol. The fourth-order valence-corrected chi connectivity index (χ4v) is 6.28. The minimum absolute atomic E-state index is 0.0313. The van der Waals surface area contributed by atoms with Crippen LogP contribution in [0.1, 0.15) is 56.1 Å². The molecule has 1 aromatic heterocycles. The van der Waals surface area contributed by atoms with Crippen molar-refractivity contribution in [3.8, 4) is 5.75 Å². The third kappa shape index (κ3) is 2.97. The van der Waals surface area contributed by atoms with Crippen LogP contribution in [0.25, 0.3) is 10.9 Å². The second-order valence-electron chi connectivity index (χ2n) is 9.78. The van der Waals surface area contributed by atoms with Crippen molar-refractivity contribution in [2.75, 3.05) is 20.8 Å². The number of nitrogens with one attached hydrogen (secondary N) is 1. The van der Waals surface area contributed by atoms with Crippen LogP contribution in [0, 0.1) is 23.7 Å². The molecule has 3 atom stereocenters. The third-order valence-electron chi connectivity index (χ3n) is 7.82. The number of nitrogens with zero attached hydrogens (tertiary/aromatic N) is 1. The normalized spacial score (nSPS) is 27.5. The Morgan fingerprint density at radius 1 is 1.28 bits per heavy atom. The number of amides is 1. The number of ether oxygens (including phenoxy) is 2. The molecule has 3 unspecified atom stereocenters. The van der Waals surface area contributed by atoms with Gasteiger partial charge in [0, 0.05) is 30.8 Å². The Morgan fingerprint density at radius 3 is 2.66 bits per heavy atom. The van der Waals surface area contributed by atoms with Crippen molar-refractivity contribution in [2.24, 2.45) is 16.7 Å². The summed E-state index contributed by atoms with van der Waals surface area (Å²) in [6, 6.07) is 6.13. The van der Waals surface area contributed by atoms with Crippen LogP contribution in [0.4, 0.5) is 0 Å². The monoisotopic (exact) mass is 398 g/mol. The lowest BCUT2D eigenvalue weighted by molar-refractivity contribution is 0.0738. The molecule has 0 radical (unpaired) electrons. The zero-order valence-electron chi connectivity index (χ0n) is 18.6. The third-order valence-corrected chi connectivity index (χ3v) is 7.82. The lowest BCUT2D eigenvalue weighted by Crippen LogP contribution is -2.52. The molecule has 0 spiro atoms. The maximum atomic E-state index is 13.6. The van der Waals surface area contributed by atoms with Crippen molar-refractivity contribution >= 4 is 16.8 Å². The van der Waals surface area contributed by atoms with Gasteiger partial charge in [-0.1, -0.05) is 32.9 Å². The Balaban J connectivity index is 1.76. The molecule has 2 aliphatic rings. The van der Waals surface area contributed by atoms with Gasteiger partial charge in [-0.2, -0.15) is 0 Å². The molecule has 0 saturated heterocycles. The summed E-state index contributed by atoms with van der Waals surface area (Å²) in [5.74, 6) is 1.51. The quantitative estimate of drug-likeness (QED) is 0.777. The average Bonchev–Trinajstić information content (AvgIpc) is 3.27. The number of rotatable bonds is 6. The molecule has 2 aromatic rings. The molecule has 5 nitrogen and oxygen atoms in total. The van der Waals surface area contributed by atoms with Gasteiger partial charge in [0.1, 0.15) is 5.75 Å². The van der Waals surface area contributed by atoms with E-state index in [1.54, 1.807) is 14.2 Å². The van der Waals surface area contributed by atoms with E-state index in [-0.39, 0.29) is 22.8 Å². The van der Waals surface area contributed by atoms with Crippen LogP contribution in [0.3, 0.4) is 0 Å². The highest BCUT2D eigenvalue weighted by Crippen LogP contribution is 2.62. The summed E-state index contributed by atoms with van der Waals surface area (Å²) >= 11 is 0. The van der Waals surface area contributed by atoms with E-state index in [0.29, 0.717) is 19.1 Å². The number of fused-ring (bicyclic) bond motifs is 3. The summed E-state index contributed by atoms with van der Waals surface area (Å²) in [5, 5.41) is 4.42. The molecule has 1 aromatic carbocycles. The van der Waals surface area contributed by atoms with E-state index in [0.717, 1.165) is 27.9 Å². The first-order valence-corrected chi connectivity index (χ1v) is 10.7. The van der Waals surface area contributed by atoms with E-state index < -0.39 is 0 Å². The van der Waals surface area contributed by atoms with Gasteiger partial charge in [0.15, 0.2) is 0 Å². The van der Waals surface area contributed by atoms with Crippen molar-refractivity contribution in [1.82, 2.24) is 9.88 Å². The molecular formula is C24H34N2O3. The molecule has 29 heavy (non-hydrogen) atoms. The SMILES string of the molecule is COCCn1c(C)c(C(=O)NC2C3(C)CCC(C3)C2(C)C)c2cccc(OC)c21. The summed E-state index contributed by atoms with van der Waals surface area (Å²) < 4.78 is 13.1. The van der Waals surface area contributed by atoms with Crippen molar-refractivity contribution < 1.29 is 14.3 Å². The van der Waals surface area contributed by atoms with Gasteiger partial charge in [0.25, 0.3) is 5.91 Å². The van der Waals surface area contributed by atoms with Crippen LogP contribution in [-0.4, -0.2) is 37.3 Å². The van der Waals surface area contributed by atoms with Gasteiger partial charge in [0.2, 0.25) is 0 Å². The smallest absolute Gasteiger partial charge is 0.253 e. The molecule has 2 saturated carbocycles. The second kappa shape index (κ2) is 7.05. The fraction of sp³-hybridized carbons (Fsp3) is 0.625. The van der Waals surface area contributed by atoms with Gasteiger partial charge in [-0.3, -0.25) is 4.79 Å². The van der Waals surface area contributed by atoms with Gasteiger partial charge in [-0.05, 0) is 49.0 Å². The van der Waals surface area contributed by atoms with E-state index in [9.17, 15) is 4.79 Å². The van der Waals surface area contributed by atoms with Crippen LogP contribution in [-0.2, 0) is 11.3 Å². The van der Waals surface area contributed by atoms with E-state index in [1.807, 2.05) is 25.1 Å². The average molecular weight is 399 g/mol. The standard InChI is InChI=1S/C24H34N2O3/c1-15-19(17-8-7-9-18(29-6)20(17)26(15)12-13-28-5)21(27)25-22-23(2,3)16-10-11-24(22,4)14-16/h7-9,16,22H,10-14H2,1-6H3,(H,25,27). The Bertz CT molecular complexity index is 940. The van der Waals surface area contributed by atoms with E-state index in [2.05, 4.69) is 30.7 Å². The fourth-order valence-electron chi connectivity index (χ4n) is 6.28. The van der Waals surface area contributed by atoms with E-state index in [1.165, 1.54) is 19.3 Å². The number of para-hydroxylation sites is 1. The summed E-state index contributed by atoms with van der Waals surface area (Å²) in [7, 11) is 3.37. The maximum absolute atomic E-state index is 13.6. The summed E-state index contributed by atoms with van der Waals surface area (Å²) in [4.78, 5) is 13.6. The van der Waals surface area contributed by atoms with Crippen LogP contribution in [0.2, 0.25) is 0 Å². The Morgan fingerprint density at radius 2 is 2.03 bits per heavy atom. The highest BCUT2D eigenvalue weighted by Gasteiger charge is 2.59. The molecule has 0 aliphatic heterocycles. The number of hydrogen-bond donors (Lipinski definition) is 1. The number of carbonyl (C=O) groups excluding carboxylic acids is 1. The van der Waals surface area contributed by atoms with Crippen molar-refractivity contribution in [3.63, 3.8) is 0 Å². The first-order chi connectivity index (χ1) is 13.7. The van der Waals surface area contributed by atoms with Crippen molar-refractivity contribution in [1.29, 1.82) is 0 Å². The Labute approximate surface area is 173 Å². The minimum atomic E-state index is 0.0313. The predicted molar refractivity (Wildman–Crippen MR) is 116 cm³/mol. The molecule has 1 N–H and O–H groups in total. The Kier molecular flexibility index (Phi) is 4.93. The minimum Gasteiger partial charge on any atom is -0.495 e. The molecule has 2 fully saturated rings. The van der Waals surface area contributed by atoms with E-state index in [4.69, 9.17) is 9.47 Å². The van der Waals surface area contributed by atoms with Gasteiger partial charge in [-0.15, -0.1) is 0 Å². The van der Waals surface area contributed by atoms with Gasteiger partial charge < -0.3 is 19.4 Å². The predicted octanol–water partition coefficient (Wildman–Crippen LogP) is 4.55. The number of carbonyl (C=O) groups is 1. The van der Waals surface area contributed by atoms with Crippen LogP contribution < -0.4 is 10.1 Å². The van der Waals surface area contributed by atoms with Crippen LogP contribution in [0.5, 0.6) is 5.75 Å². The van der Waals surface area contributed by atoms with Crippen molar-refractivity contribution in [3.05, 3.63) is 29.5 Å². The Hall–Kier alpha value is -2.01. The lowest BCUT2D eigenvalue weighted by Gasteiger charge is -2.43. The highest BCUT2D eigenvalue weighted by atomic mass is 16.5. The number of methoxy groups -OCH3 is 2. The molecule has 1 amide bonds. The van der Waals surface area contributed by atoms with Gasteiger partial charge in [0.05, 0.1) is 24.8 Å². The molecule has 5 heteroatoms. The molecule has 2 aliphatic carbocycles. The second-order valence-corrected chi connectivity index (χ2v) is 9.78. The van der Waals surface area contributed by atoms with Crippen LogP contribution >= 0.6 is 0 Å². The number of benzene rings is 1. The van der Waals surface area contributed by atoms with Gasteiger partial charge >= 0.3 is 0 Å². The van der Waals surface area contributed by atoms with E-state index >= 15 is 0 Å². The first-order valence-electron chi connectivity index (χ1n) is 10.7. The zero-order chi connectivity index (χ0) is 21.0. The maximum Gasteiger partial charge on any atom is 0.253 e. The van der Waals surface area contributed by atoms with Crippen molar-refractivity contribution in [2.45, 2.75) is 59.5 Å². The molecule has 4 rings (SSSR count). The van der Waals surface area contributed by atoms with Crippen LogP contribution in [0.15, 0.2) is 18.2 Å².